The molecule has 1 aromatic rings. The normalized spacial score (nSPS) is 20.0. The fraction of sp³-hybridized carbons (Fsp3) is 0.588. The van der Waals surface area contributed by atoms with Crippen LogP contribution in [0.5, 0.6) is 0 Å². The van der Waals surface area contributed by atoms with Crippen molar-refractivity contribution in [2.75, 3.05) is 38.2 Å². The minimum atomic E-state index is -0.864. The third-order valence-corrected chi connectivity index (χ3v) is 4.86. The van der Waals surface area contributed by atoms with Gasteiger partial charge in [0.2, 0.25) is 0 Å². The Morgan fingerprint density at radius 1 is 1.30 bits per heavy atom. The first-order valence-electron chi connectivity index (χ1n) is 8.21. The van der Waals surface area contributed by atoms with Crippen molar-refractivity contribution in [1.29, 1.82) is 0 Å². The summed E-state index contributed by atoms with van der Waals surface area (Å²) in [4.78, 5) is 14.2. The van der Waals surface area contributed by atoms with E-state index in [2.05, 4.69) is 39.8 Å². The number of amides is 2. The fourth-order valence-corrected chi connectivity index (χ4v) is 3.30. The molecule has 1 fully saturated rings. The third kappa shape index (κ3) is 7.14. The average Bonchev–Trinajstić information content (AvgIpc) is 2.54. The first-order chi connectivity index (χ1) is 11.1. The van der Waals surface area contributed by atoms with E-state index in [1.165, 1.54) is 12.0 Å². The van der Waals surface area contributed by atoms with Crippen molar-refractivity contribution >= 4 is 16.8 Å². The van der Waals surface area contributed by atoms with E-state index in [0.717, 1.165) is 26.1 Å². The van der Waals surface area contributed by atoms with Gasteiger partial charge in [0.25, 0.3) is 0 Å². The predicted octanol–water partition coefficient (Wildman–Crippen LogP) is 1.58. The van der Waals surface area contributed by atoms with Crippen molar-refractivity contribution in [1.82, 2.24) is 15.5 Å². The molecule has 128 valence electrons. The zero-order valence-electron chi connectivity index (χ0n) is 13.8. The number of urea groups is 1. The van der Waals surface area contributed by atoms with Crippen LogP contribution in [0.3, 0.4) is 0 Å². The van der Waals surface area contributed by atoms with Gasteiger partial charge in [-0.2, -0.15) is 0 Å². The van der Waals surface area contributed by atoms with Gasteiger partial charge in [-0.3, -0.25) is 9.11 Å². The van der Waals surface area contributed by atoms with E-state index < -0.39 is 10.8 Å². The summed E-state index contributed by atoms with van der Waals surface area (Å²) in [6.07, 6.45) is 3.98. The van der Waals surface area contributed by atoms with E-state index in [4.69, 9.17) is 0 Å². The summed E-state index contributed by atoms with van der Waals surface area (Å²) < 4.78 is 11.0. The average molecular weight is 337 g/mol. The van der Waals surface area contributed by atoms with Gasteiger partial charge in [0.15, 0.2) is 0 Å². The number of nitrogens with one attached hydrogen (secondary N) is 2. The lowest BCUT2D eigenvalue weighted by molar-refractivity contribution is 0.165. The standard InChI is InChI=1S/C17H27N3O2S/c1-23(22)11-9-18-17(21)19-12-16-8-5-10-20(14-16)13-15-6-3-2-4-7-15/h2-4,6-7,16H,5,8-14H2,1H3,(H2,18,19,21)/t16-,23+/m1/s1. The third-order valence-electron chi connectivity index (χ3n) is 4.08. The predicted molar refractivity (Wildman–Crippen MR) is 94.8 cm³/mol. The van der Waals surface area contributed by atoms with Crippen LogP contribution >= 0.6 is 0 Å². The highest BCUT2D eigenvalue weighted by Crippen LogP contribution is 2.17. The Kier molecular flexibility index (Phi) is 7.55. The lowest BCUT2D eigenvalue weighted by atomic mass is 9.97. The number of piperidine rings is 1. The molecule has 1 saturated heterocycles. The van der Waals surface area contributed by atoms with Gasteiger partial charge in [0.1, 0.15) is 0 Å². The van der Waals surface area contributed by atoms with Gasteiger partial charge >= 0.3 is 6.03 Å². The van der Waals surface area contributed by atoms with E-state index in [9.17, 15) is 9.00 Å². The highest BCUT2D eigenvalue weighted by molar-refractivity contribution is 7.84. The maximum Gasteiger partial charge on any atom is 0.314 e. The molecule has 0 radical (unpaired) electrons. The van der Waals surface area contributed by atoms with Gasteiger partial charge in [-0.1, -0.05) is 30.3 Å². The number of carbonyl (C=O) groups is 1. The molecule has 0 aromatic heterocycles. The smallest absolute Gasteiger partial charge is 0.314 e. The van der Waals surface area contributed by atoms with Crippen molar-refractivity contribution in [3.63, 3.8) is 0 Å². The molecule has 1 heterocycles. The first-order valence-corrected chi connectivity index (χ1v) is 9.94. The van der Waals surface area contributed by atoms with Crippen LogP contribution in [0.1, 0.15) is 18.4 Å². The molecule has 2 N–H and O–H groups in total. The quantitative estimate of drug-likeness (QED) is 0.794. The van der Waals surface area contributed by atoms with E-state index in [0.29, 0.717) is 24.8 Å². The van der Waals surface area contributed by atoms with Gasteiger partial charge in [-0.25, -0.2) is 4.79 Å². The molecular weight excluding hydrogens is 310 g/mol. The van der Waals surface area contributed by atoms with Crippen LogP contribution in [0.4, 0.5) is 4.79 Å². The highest BCUT2D eigenvalue weighted by Gasteiger charge is 2.20. The summed E-state index contributed by atoms with van der Waals surface area (Å²) in [5.74, 6) is 1.00. The maximum absolute atomic E-state index is 11.7. The van der Waals surface area contributed by atoms with Crippen LogP contribution in [0.2, 0.25) is 0 Å². The number of hydrogen-bond donors (Lipinski definition) is 2. The van der Waals surface area contributed by atoms with Crippen molar-refractivity contribution in [3.05, 3.63) is 35.9 Å². The minimum Gasteiger partial charge on any atom is -0.338 e. The van der Waals surface area contributed by atoms with E-state index in [1.807, 2.05) is 6.07 Å². The number of hydrogen-bond acceptors (Lipinski definition) is 3. The second-order valence-electron chi connectivity index (χ2n) is 6.14. The van der Waals surface area contributed by atoms with E-state index >= 15 is 0 Å². The Hall–Kier alpha value is -1.40. The van der Waals surface area contributed by atoms with E-state index in [1.54, 1.807) is 6.26 Å². The molecule has 0 saturated carbocycles. The van der Waals surface area contributed by atoms with Crippen LogP contribution in [-0.2, 0) is 17.3 Å². The Balaban J connectivity index is 1.67. The number of carbonyl (C=O) groups excluding carboxylic acids is 1. The van der Waals surface area contributed by atoms with Crippen LogP contribution in [-0.4, -0.2) is 53.3 Å². The van der Waals surface area contributed by atoms with Gasteiger partial charge in [-0.15, -0.1) is 0 Å². The maximum atomic E-state index is 11.7. The number of nitrogens with zero attached hydrogens (tertiary/aromatic N) is 1. The minimum absolute atomic E-state index is 0.157. The van der Waals surface area contributed by atoms with Crippen molar-refractivity contribution in [2.45, 2.75) is 19.4 Å². The van der Waals surface area contributed by atoms with Gasteiger partial charge in [-0.05, 0) is 30.9 Å². The molecular formula is C17H27N3O2S. The number of likely N-dealkylation sites (tertiary alicyclic amines) is 1. The molecule has 2 rings (SSSR count). The fourth-order valence-electron chi connectivity index (χ4n) is 2.91. The van der Waals surface area contributed by atoms with Crippen LogP contribution in [0, 0.1) is 5.92 Å². The topological polar surface area (TPSA) is 61.4 Å². The summed E-state index contributed by atoms with van der Waals surface area (Å²) in [5.41, 5.74) is 1.34. The monoisotopic (exact) mass is 337 g/mol. The second kappa shape index (κ2) is 9.67. The molecule has 2 atom stereocenters. The van der Waals surface area contributed by atoms with Crippen LogP contribution in [0.15, 0.2) is 30.3 Å². The van der Waals surface area contributed by atoms with Crippen molar-refractivity contribution in [3.8, 4) is 0 Å². The zero-order chi connectivity index (χ0) is 16.5. The van der Waals surface area contributed by atoms with E-state index in [-0.39, 0.29) is 6.03 Å². The summed E-state index contributed by atoms with van der Waals surface area (Å²) in [5, 5.41) is 5.68. The summed E-state index contributed by atoms with van der Waals surface area (Å²) in [6, 6.07) is 10.4. The van der Waals surface area contributed by atoms with Gasteiger partial charge in [0, 0.05) is 49.0 Å². The molecule has 1 aliphatic heterocycles. The largest absolute Gasteiger partial charge is 0.338 e. The van der Waals surface area contributed by atoms with Crippen molar-refractivity contribution < 1.29 is 9.00 Å². The molecule has 23 heavy (non-hydrogen) atoms. The molecule has 1 aromatic carbocycles. The molecule has 0 bridgehead atoms. The molecule has 0 spiro atoms. The SMILES string of the molecule is C[S@](=O)CCNC(=O)NC[C@H]1CCCN(Cc2ccccc2)C1. The van der Waals surface area contributed by atoms with Crippen molar-refractivity contribution in [2.24, 2.45) is 5.92 Å². The van der Waals surface area contributed by atoms with Gasteiger partial charge < -0.3 is 10.6 Å². The van der Waals surface area contributed by atoms with Crippen LogP contribution < -0.4 is 10.6 Å². The molecule has 0 unspecified atom stereocenters. The lowest BCUT2D eigenvalue weighted by Crippen LogP contribution is -2.44. The molecule has 2 amide bonds. The van der Waals surface area contributed by atoms with Crippen LogP contribution in [0.25, 0.3) is 0 Å². The second-order valence-corrected chi connectivity index (χ2v) is 7.70. The summed E-state index contributed by atoms with van der Waals surface area (Å²) in [7, 11) is -0.864. The molecule has 5 nitrogen and oxygen atoms in total. The highest BCUT2D eigenvalue weighted by atomic mass is 32.2. The summed E-state index contributed by atoms with van der Waals surface area (Å²) in [6.45, 7) is 4.28. The molecule has 6 heteroatoms. The first kappa shape index (κ1) is 17.9. The Morgan fingerprint density at radius 3 is 2.83 bits per heavy atom. The Labute approximate surface area is 141 Å². The van der Waals surface area contributed by atoms with Gasteiger partial charge in [0.05, 0.1) is 0 Å². The Morgan fingerprint density at radius 2 is 2.09 bits per heavy atom. The zero-order valence-corrected chi connectivity index (χ0v) is 14.6. The lowest BCUT2D eigenvalue weighted by Gasteiger charge is -2.32. The Bertz CT molecular complexity index is 510. The molecule has 1 aliphatic rings. The number of rotatable bonds is 7. The molecule has 0 aliphatic carbocycles. The summed E-state index contributed by atoms with van der Waals surface area (Å²) >= 11 is 0. The number of benzene rings is 1.